The average molecular weight is 365 g/mol. The van der Waals surface area contributed by atoms with Crippen molar-refractivity contribution in [1.82, 2.24) is 15.8 Å². The van der Waals surface area contributed by atoms with Gasteiger partial charge in [0, 0.05) is 6.42 Å². The van der Waals surface area contributed by atoms with Gasteiger partial charge in [-0.1, -0.05) is 60.2 Å². The molecule has 0 spiro atoms. The van der Waals surface area contributed by atoms with Crippen molar-refractivity contribution in [3.63, 3.8) is 0 Å². The van der Waals surface area contributed by atoms with Gasteiger partial charge in [-0.3, -0.25) is 15.0 Å². The molecule has 4 amide bonds. The van der Waals surface area contributed by atoms with Crippen molar-refractivity contribution < 1.29 is 14.4 Å². The highest BCUT2D eigenvalue weighted by atomic mass is 16.2. The van der Waals surface area contributed by atoms with E-state index < -0.39 is 17.5 Å². The maximum Gasteiger partial charge on any atom is 0.344 e. The Morgan fingerprint density at radius 2 is 1.74 bits per heavy atom. The molecule has 0 bridgehead atoms. The minimum absolute atomic E-state index is 0.229. The number of rotatable bonds is 6. The quantitative estimate of drug-likeness (QED) is 0.773. The zero-order valence-electron chi connectivity index (χ0n) is 15.5. The predicted octanol–water partition coefficient (Wildman–Crippen LogP) is 2.82. The van der Waals surface area contributed by atoms with Gasteiger partial charge in [-0.05, 0) is 37.8 Å². The van der Waals surface area contributed by atoms with Gasteiger partial charge in [-0.2, -0.15) is 5.01 Å². The molecule has 1 aliphatic rings. The molecule has 0 aromatic heterocycles. The van der Waals surface area contributed by atoms with E-state index >= 15 is 0 Å². The highest BCUT2D eigenvalue weighted by Crippen LogP contribution is 2.27. The molecular weight excluding hydrogens is 342 g/mol. The molecule has 1 unspecified atom stereocenters. The summed E-state index contributed by atoms with van der Waals surface area (Å²) in [5.74, 6) is -0.853. The first-order chi connectivity index (χ1) is 12.9. The second-order valence-corrected chi connectivity index (χ2v) is 6.94. The minimum atomic E-state index is -1.19. The summed E-state index contributed by atoms with van der Waals surface area (Å²) in [6.07, 6.45) is 1.62. The molecule has 2 aromatic carbocycles. The molecule has 6 heteroatoms. The van der Waals surface area contributed by atoms with Crippen LogP contribution in [0.2, 0.25) is 0 Å². The van der Waals surface area contributed by atoms with Gasteiger partial charge < -0.3 is 5.32 Å². The zero-order valence-corrected chi connectivity index (χ0v) is 15.5. The van der Waals surface area contributed by atoms with Crippen LogP contribution in [0.1, 0.15) is 36.5 Å². The predicted molar refractivity (Wildman–Crippen MR) is 101 cm³/mol. The van der Waals surface area contributed by atoms with Crippen molar-refractivity contribution >= 4 is 17.8 Å². The fraction of sp³-hybridized carbons (Fsp3) is 0.286. The Morgan fingerprint density at radius 1 is 1.07 bits per heavy atom. The van der Waals surface area contributed by atoms with E-state index in [-0.39, 0.29) is 12.3 Å². The molecule has 0 saturated carbocycles. The summed E-state index contributed by atoms with van der Waals surface area (Å²) in [4.78, 5) is 37.1. The number of carbonyl (C=O) groups is 3. The fourth-order valence-electron chi connectivity index (χ4n) is 3.10. The molecule has 140 valence electrons. The van der Waals surface area contributed by atoms with Gasteiger partial charge in [0.1, 0.15) is 5.54 Å². The van der Waals surface area contributed by atoms with Gasteiger partial charge in [0.25, 0.3) is 5.91 Å². The summed E-state index contributed by atoms with van der Waals surface area (Å²) in [6, 6.07) is 16.5. The van der Waals surface area contributed by atoms with E-state index in [1.54, 1.807) is 31.2 Å². The van der Waals surface area contributed by atoms with Crippen molar-refractivity contribution in [2.24, 2.45) is 0 Å². The van der Waals surface area contributed by atoms with Crippen LogP contribution in [0.15, 0.2) is 54.6 Å². The van der Waals surface area contributed by atoms with E-state index in [1.165, 1.54) is 5.56 Å². The van der Waals surface area contributed by atoms with E-state index in [0.717, 1.165) is 17.0 Å². The highest BCUT2D eigenvalue weighted by molar-refractivity contribution is 6.08. The van der Waals surface area contributed by atoms with Crippen LogP contribution in [0.5, 0.6) is 0 Å². The number of hydrogen-bond acceptors (Lipinski definition) is 3. The largest absolute Gasteiger partial charge is 0.344 e. The summed E-state index contributed by atoms with van der Waals surface area (Å²) in [5, 5.41) is 3.44. The first-order valence-electron chi connectivity index (χ1n) is 8.97. The third-order valence-corrected chi connectivity index (χ3v) is 4.77. The smallest absolute Gasteiger partial charge is 0.318 e. The van der Waals surface area contributed by atoms with E-state index in [9.17, 15) is 14.4 Å². The van der Waals surface area contributed by atoms with Crippen LogP contribution in [0, 0.1) is 6.92 Å². The molecule has 1 atom stereocenters. The van der Waals surface area contributed by atoms with Crippen molar-refractivity contribution in [2.75, 3.05) is 0 Å². The van der Waals surface area contributed by atoms with E-state index in [0.29, 0.717) is 12.0 Å². The summed E-state index contributed by atoms with van der Waals surface area (Å²) in [7, 11) is 0. The monoisotopic (exact) mass is 365 g/mol. The fourth-order valence-corrected chi connectivity index (χ4v) is 3.10. The molecule has 1 aliphatic heterocycles. The van der Waals surface area contributed by atoms with Crippen LogP contribution >= 0.6 is 0 Å². The Hall–Kier alpha value is -3.15. The van der Waals surface area contributed by atoms with Gasteiger partial charge in [0.2, 0.25) is 5.91 Å². The number of imide groups is 1. The summed E-state index contributed by atoms with van der Waals surface area (Å²) >= 11 is 0. The number of carbonyl (C=O) groups excluding carboxylic acids is 3. The lowest BCUT2D eigenvalue weighted by Crippen LogP contribution is -2.47. The first-order valence-corrected chi connectivity index (χ1v) is 8.97. The average Bonchev–Trinajstić information content (AvgIpc) is 2.88. The molecule has 1 fully saturated rings. The summed E-state index contributed by atoms with van der Waals surface area (Å²) in [5.41, 5.74) is 4.25. The number of benzene rings is 2. The van der Waals surface area contributed by atoms with Gasteiger partial charge in [0.05, 0.1) is 0 Å². The number of aryl methyl sites for hydroxylation is 2. The first kappa shape index (κ1) is 18.6. The second kappa shape index (κ2) is 7.61. The second-order valence-electron chi connectivity index (χ2n) is 6.94. The Balaban J connectivity index is 1.57. The van der Waals surface area contributed by atoms with Crippen LogP contribution in [0.4, 0.5) is 4.79 Å². The highest BCUT2D eigenvalue weighted by Gasteiger charge is 2.49. The topological polar surface area (TPSA) is 78.5 Å². The number of urea groups is 1. The van der Waals surface area contributed by atoms with Crippen molar-refractivity contribution in [3.8, 4) is 0 Å². The molecule has 0 radical (unpaired) electrons. The molecule has 3 rings (SSSR count). The Kier molecular flexibility index (Phi) is 5.26. The normalized spacial score (nSPS) is 19.1. The minimum Gasteiger partial charge on any atom is -0.318 e. The molecule has 1 heterocycles. The van der Waals surface area contributed by atoms with Gasteiger partial charge in [-0.15, -0.1) is 0 Å². The van der Waals surface area contributed by atoms with Crippen LogP contribution in [-0.4, -0.2) is 22.9 Å². The maximum absolute atomic E-state index is 12.7. The van der Waals surface area contributed by atoms with Crippen LogP contribution in [-0.2, 0) is 21.5 Å². The molecule has 2 N–H and O–H groups in total. The van der Waals surface area contributed by atoms with E-state index in [4.69, 9.17) is 0 Å². The summed E-state index contributed by atoms with van der Waals surface area (Å²) < 4.78 is 0. The molecule has 1 saturated heterocycles. The molecule has 2 aromatic rings. The number of hydrazine groups is 1. The third kappa shape index (κ3) is 4.00. The van der Waals surface area contributed by atoms with Crippen LogP contribution in [0.3, 0.4) is 0 Å². The van der Waals surface area contributed by atoms with E-state index in [2.05, 4.69) is 10.7 Å². The van der Waals surface area contributed by atoms with Crippen LogP contribution < -0.4 is 10.7 Å². The van der Waals surface area contributed by atoms with Gasteiger partial charge in [0.15, 0.2) is 0 Å². The summed E-state index contributed by atoms with van der Waals surface area (Å²) in [6.45, 7) is 3.66. The number of nitrogens with one attached hydrogen (secondary N) is 2. The Bertz CT molecular complexity index is 849. The lowest BCUT2D eigenvalue weighted by atomic mass is 9.92. The standard InChI is InChI=1S/C21H23N3O3/c1-15-11-13-16(14-12-15)7-6-10-18(25)23-24-19(26)21(2,22-20(24)27)17-8-4-3-5-9-17/h3-5,8-9,11-14H,6-7,10H2,1-2H3,(H,22,27)(H,23,25). The molecule has 27 heavy (non-hydrogen) atoms. The number of hydrogen-bond donors (Lipinski definition) is 2. The number of amides is 4. The van der Waals surface area contributed by atoms with Gasteiger partial charge in [-0.25, -0.2) is 4.79 Å². The lowest BCUT2D eigenvalue weighted by molar-refractivity contribution is -0.139. The Morgan fingerprint density at radius 3 is 2.41 bits per heavy atom. The van der Waals surface area contributed by atoms with Crippen molar-refractivity contribution in [1.29, 1.82) is 0 Å². The third-order valence-electron chi connectivity index (χ3n) is 4.77. The SMILES string of the molecule is Cc1ccc(CCCC(=O)NN2C(=O)NC(C)(c3ccccc3)C2=O)cc1. The molecule has 6 nitrogen and oxygen atoms in total. The van der Waals surface area contributed by atoms with Crippen molar-refractivity contribution in [3.05, 3.63) is 71.3 Å². The zero-order chi connectivity index (χ0) is 19.4. The van der Waals surface area contributed by atoms with Gasteiger partial charge >= 0.3 is 6.03 Å². The van der Waals surface area contributed by atoms with E-state index in [1.807, 2.05) is 37.3 Å². The van der Waals surface area contributed by atoms with Crippen LogP contribution in [0.25, 0.3) is 0 Å². The van der Waals surface area contributed by atoms with Crippen molar-refractivity contribution in [2.45, 2.75) is 38.6 Å². The molecular formula is C21H23N3O3. The maximum atomic E-state index is 12.7. The number of nitrogens with zero attached hydrogens (tertiary/aromatic N) is 1. The molecule has 0 aliphatic carbocycles. The lowest BCUT2D eigenvalue weighted by Gasteiger charge is -2.22. The Labute approximate surface area is 158 Å².